The number of hydrogen-bond donors (Lipinski definition) is 3. The molecule has 1 amide bonds. The highest BCUT2D eigenvalue weighted by Crippen LogP contribution is 2.43. The third-order valence-electron chi connectivity index (χ3n) is 14.2. The molecule has 0 rings (SSSR count). The Morgan fingerprint density at radius 2 is 0.726 bits per heavy atom. The molecule has 0 spiro atoms. The van der Waals surface area contributed by atoms with E-state index in [0.717, 1.165) is 122 Å². The van der Waals surface area contributed by atoms with Gasteiger partial charge in [-0.1, -0.05) is 287 Å². The SMILES string of the molecule is CC/C=C\C/C=C\C/C=C\C/C=C\C/C=C\C/C=C\C/C=C\C/C=C\C/C=C\C/C=C\CCCCCCCCCCC(=O)NC(COP(=O)(O)OCC[N+](C)(C)C)C(O)/C=C/CC/C=C/CC/C=C/CCCCCCCCCCCCCCC. The van der Waals surface area contributed by atoms with Gasteiger partial charge in [0.2, 0.25) is 5.91 Å². The molecular formula is C75H128N2O6P+. The number of nitrogens with one attached hydrogen (secondary N) is 1. The van der Waals surface area contributed by atoms with Crippen molar-refractivity contribution in [3.63, 3.8) is 0 Å². The van der Waals surface area contributed by atoms with Gasteiger partial charge >= 0.3 is 7.82 Å². The van der Waals surface area contributed by atoms with Gasteiger partial charge in [0, 0.05) is 6.42 Å². The van der Waals surface area contributed by atoms with Crippen LogP contribution >= 0.6 is 7.82 Å². The van der Waals surface area contributed by atoms with E-state index in [9.17, 15) is 19.4 Å². The first kappa shape index (κ1) is 80.1. The van der Waals surface area contributed by atoms with Crippen molar-refractivity contribution in [1.29, 1.82) is 0 Å². The molecule has 0 aliphatic heterocycles. The standard InChI is InChI=1S/C75H127N2O6P/c1-6-8-10-12-14-16-18-20-22-24-26-28-30-31-32-33-34-35-36-37-38-39-40-41-42-43-44-45-47-49-51-53-55-57-59-61-63-65-67-69-75(79)76-73(72-83-84(80,81)82-71-70-77(3,4)5)74(78)68-66-64-62-60-58-56-54-52-50-48-46-29-27-25-23-21-19-17-15-13-11-9-7-2/h8,10,14,16,20,22,26,28,31-32,34-35,37-38,40-41,43-44,47,49-50,52,58,60,66,68,73-74,78H,6-7,9,11-13,15,17-19,21,23-25,27,29-30,33,36,39,42,45-46,48,51,53-57,59,61-65,67,69-72H2,1-5H3,(H-,76,79,80,81)/p+1/b10-8-,16-14-,22-20-,28-26-,32-31-,35-34-,38-37-,41-40-,44-43-,49-47-,52-50+,60-58+,68-66+. The highest BCUT2D eigenvalue weighted by Gasteiger charge is 2.27. The van der Waals surface area contributed by atoms with Gasteiger partial charge < -0.3 is 19.8 Å². The second-order valence-corrected chi connectivity index (χ2v) is 24.9. The fourth-order valence-electron chi connectivity index (χ4n) is 8.98. The van der Waals surface area contributed by atoms with E-state index in [1.807, 2.05) is 27.2 Å². The van der Waals surface area contributed by atoms with Gasteiger partial charge in [-0.05, 0) is 122 Å². The average molecular weight is 1180 g/mol. The molecule has 9 heteroatoms. The van der Waals surface area contributed by atoms with Gasteiger partial charge in [-0.3, -0.25) is 13.8 Å². The first-order valence-electron chi connectivity index (χ1n) is 33.9. The van der Waals surface area contributed by atoms with Gasteiger partial charge in [-0.25, -0.2) is 4.57 Å². The summed E-state index contributed by atoms with van der Waals surface area (Å²) in [6, 6.07) is -0.887. The summed E-state index contributed by atoms with van der Waals surface area (Å²) in [5.74, 6) is -0.205. The maximum Gasteiger partial charge on any atom is 0.472 e. The van der Waals surface area contributed by atoms with Crippen molar-refractivity contribution in [3.8, 4) is 0 Å². The number of carbonyl (C=O) groups is 1. The molecule has 3 N–H and O–H groups in total. The second-order valence-electron chi connectivity index (χ2n) is 23.4. The highest BCUT2D eigenvalue weighted by molar-refractivity contribution is 7.47. The number of aliphatic hydroxyl groups excluding tert-OH is 1. The van der Waals surface area contributed by atoms with Gasteiger partial charge in [0.15, 0.2) is 0 Å². The Bertz CT molecular complexity index is 1930. The Kier molecular flexibility index (Phi) is 60.7. The molecule has 0 aromatic heterocycles. The molecule has 0 heterocycles. The largest absolute Gasteiger partial charge is 0.472 e. The number of likely N-dealkylation sites (N-methyl/N-ethyl adjacent to an activating group) is 1. The minimum absolute atomic E-state index is 0.0439. The predicted octanol–water partition coefficient (Wildman–Crippen LogP) is 21.8. The van der Waals surface area contributed by atoms with Gasteiger partial charge in [-0.15, -0.1) is 0 Å². The number of hydrogen-bond acceptors (Lipinski definition) is 5. The molecule has 8 nitrogen and oxygen atoms in total. The summed E-state index contributed by atoms with van der Waals surface area (Å²) in [5, 5.41) is 13.9. The van der Waals surface area contributed by atoms with Crippen LogP contribution in [0.3, 0.4) is 0 Å². The fraction of sp³-hybridized carbons (Fsp3) is 0.640. The van der Waals surface area contributed by atoms with Gasteiger partial charge in [0.1, 0.15) is 13.2 Å². The lowest BCUT2D eigenvalue weighted by Gasteiger charge is -2.25. The molecule has 84 heavy (non-hydrogen) atoms. The number of aliphatic hydroxyl groups is 1. The molecule has 3 atom stereocenters. The zero-order valence-corrected chi connectivity index (χ0v) is 55.5. The van der Waals surface area contributed by atoms with Crippen molar-refractivity contribution in [2.24, 2.45) is 0 Å². The van der Waals surface area contributed by atoms with Crippen LogP contribution in [-0.2, 0) is 18.4 Å². The van der Waals surface area contributed by atoms with Crippen molar-refractivity contribution in [2.45, 2.75) is 270 Å². The van der Waals surface area contributed by atoms with E-state index < -0.39 is 20.0 Å². The first-order chi connectivity index (χ1) is 41.0. The Morgan fingerprint density at radius 1 is 0.417 bits per heavy atom. The number of rotatable bonds is 60. The smallest absolute Gasteiger partial charge is 0.387 e. The zero-order chi connectivity index (χ0) is 61.2. The van der Waals surface area contributed by atoms with Crippen LogP contribution in [0.4, 0.5) is 0 Å². The van der Waals surface area contributed by atoms with Crippen molar-refractivity contribution in [3.05, 3.63) is 158 Å². The van der Waals surface area contributed by atoms with Crippen LogP contribution in [0, 0.1) is 0 Å². The van der Waals surface area contributed by atoms with Crippen LogP contribution in [0.1, 0.15) is 258 Å². The van der Waals surface area contributed by atoms with Crippen LogP contribution in [-0.4, -0.2) is 73.4 Å². The van der Waals surface area contributed by atoms with E-state index in [2.05, 4.69) is 165 Å². The van der Waals surface area contributed by atoms with Crippen LogP contribution in [0.2, 0.25) is 0 Å². The van der Waals surface area contributed by atoms with Crippen LogP contribution in [0.25, 0.3) is 0 Å². The van der Waals surface area contributed by atoms with Crippen LogP contribution < -0.4 is 5.32 Å². The van der Waals surface area contributed by atoms with Gasteiger partial charge in [-0.2, -0.15) is 0 Å². The quantitative estimate of drug-likeness (QED) is 0.0243. The molecular weight excluding hydrogens is 1060 g/mol. The van der Waals surface area contributed by atoms with Crippen LogP contribution in [0.15, 0.2) is 158 Å². The number of carbonyl (C=O) groups excluding carboxylic acids is 1. The summed E-state index contributed by atoms with van der Waals surface area (Å²) >= 11 is 0. The molecule has 0 aliphatic rings. The number of phosphoric ester groups is 1. The fourth-order valence-corrected chi connectivity index (χ4v) is 9.72. The molecule has 478 valence electrons. The lowest BCUT2D eigenvalue weighted by atomic mass is 10.0. The summed E-state index contributed by atoms with van der Waals surface area (Å²) < 4.78 is 23.7. The minimum atomic E-state index is -4.38. The molecule has 0 aromatic carbocycles. The van der Waals surface area contributed by atoms with Gasteiger partial charge in [0.25, 0.3) is 0 Å². The topological polar surface area (TPSA) is 105 Å². The number of phosphoric acid groups is 1. The van der Waals surface area contributed by atoms with E-state index in [0.29, 0.717) is 17.4 Å². The summed E-state index contributed by atoms with van der Waals surface area (Å²) in [4.78, 5) is 23.4. The van der Waals surface area contributed by atoms with E-state index in [1.165, 1.54) is 116 Å². The predicted molar refractivity (Wildman–Crippen MR) is 368 cm³/mol. The number of unbranched alkanes of at least 4 members (excludes halogenated alkanes) is 23. The highest BCUT2D eigenvalue weighted by atomic mass is 31.2. The van der Waals surface area contributed by atoms with Gasteiger partial charge in [0.05, 0.1) is 39.9 Å². The molecule has 0 saturated carbocycles. The van der Waals surface area contributed by atoms with Crippen LogP contribution in [0.5, 0.6) is 0 Å². The number of nitrogens with zero attached hydrogens (tertiary/aromatic N) is 1. The van der Waals surface area contributed by atoms with Crippen molar-refractivity contribution >= 4 is 13.7 Å². The molecule has 0 bridgehead atoms. The number of allylic oxidation sites excluding steroid dienone is 25. The molecule has 0 aromatic rings. The van der Waals surface area contributed by atoms with E-state index in [4.69, 9.17) is 9.05 Å². The summed E-state index contributed by atoms with van der Waals surface area (Å²) in [7, 11) is 1.52. The summed E-state index contributed by atoms with van der Waals surface area (Å²) in [6.45, 7) is 4.66. The molecule has 0 radical (unpaired) electrons. The monoisotopic (exact) mass is 1180 g/mol. The summed E-state index contributed by atoms with van der Waals surface area (Å²) in [6.07, 6.45) is 99.5. The molecule has 0 aliphatic carbocycles. The maximum absolute atomic E-state index is 13.0. The average Bonchev–Trinajstić information content (AvgIpc) is 3.56. The third kappa shape index (κ3) is 65.7. The van der Waals surface area contributed by atoms with Crippen molar-refractivity contribution in [1.82, 2.24) is 5.32 Å². The van der Waals surface area contributed by atoms with Crippen molar-refractivity contribution in [2.75, 3.05) is 40.9 Å². The van der Waals surface area contributed by atoms with E-state index >= 15 is 0 Å². The zero-order valence-electron chi connectivity index (χ0n) is 54.6. The third-order valence-corrected chi connectivity index (χ3v) is 15.2. The Labute approximate surface area is 518 Å². The normalized spacial score (nSPS) is 14.7. The lowest BCUT2D eigenvalue weighted by molar-refractivity contribution is -0.870. The molecule has 3 unspecified atom stereocenters. The molecule has 0 saturated heterocycles. The lowest BCUT2D eigenvalue weighted by Crippen LogP contribution is -2.45. The number of amides is 1. The maximum atomic E-state index is 13.0. The second kappa shape index (κ2) is 63.6. The summed E-state index contributed by atoms with van der Waals surface area (Å²) in [5.41, 5.74) is 0. The Hall–Kier alpha value is -3.88. The number of quaternary nitrogens is 1. The van der Waals surface area contributed by atoms with Crippen molar-refractivity contribution < 1.29 is 32.9 Å². The Balaban J connectivity index is 4.22. The Morgan fingerprint density at radius 3 is 1.10 bits per heavy atom. The minimum Gasteiger partial charge on any atom is -0.387 e. The van der Waals surface area contributed by atoms with E-state index in [1.54, 1.807) is 6.08 Å². The molecule has 0 fully saturated rings. The van der Waals surface area contributed by atoms with E-state index in [-0.39, 0.29) is 19.1 Å². The first-order valence-corrected chi connectivity index (χ1v) is 35.4.